The molecule has 7 aliphatic rings. The van der Waals surface area contributed by atoms with Crippen molar-refractivity contribution in [3.63, 3.8) is 0 Å². The second-order valence-electron chi connectivity index (χ2n) is 20.1. The van der Waals surface area contributed by atoms with Crippen molar-refractivity contribution in [3.8, 4) is 28.4 Å². The third-order valence-corrected chi connectivity index (χ3v) is 15.5. The lowest BCUT2D eigenvalue weighted by atomic mass is 9.64. The summed E-state index contributed by atoms with van der Waals surface area (Å²) in [5.74, 6) is 1.24. The summed E-state index contributed by atoms with van der Waals surface area (Å²) in [6.45, 7) is 0.800. The van der Waals surface area contributed by atoms with Gasteiger partial charge < -0.3 is 39.7 Å². The highest BCUT2D eigenvalue weighted by Crippen LogP contribution is 2.59. The van der Waals surface area contributed by atoms with Gasteiger partial charge in [0.25, 0.3) is 0 Å². The minimum Gasteiger partial charge on any atom is -0.489 e. The summed E-state index contributed by atoms with van der Waals surface area (Å²) >= 11 is 13.1. The number of piperidine rings is 1. The van der Waals surface area contributed by atoms with Crippen LogP contribution in [0, 0.1) is 23.7 Å². The Labute approximate surface area is 395 Å². The monoisotopic (exact) mass is 942 g/mol. The van der Waals surface area contributed by atoms with Crippen LogP contribution in [-0.4, -0.2) is 97.5 Å². The molecular formula is C52H60Cl2N2O10. The lowest BCUT2D eigenvalue weighted by Gasteiger charge is -2.55. The summed E-state index contributed by atoms with van der Waals surface area (Å²) in [4.78, 5) is 32.6. The molecule has 5 unspecified atom stereocenters. The van der Waals surface area contributed by atoms with Gasteiger partial charge in [0.05, 0.1) is 60.3 Å². The van der Waals surface area contributed by atoms with Gasteiger partial charge in [-0.05, 0) is 101 Å². The molecule has 4 saturated carbocycles. The molecule has 5 N–H and O–H groups in total. The second-order valence-corrected chi connectivity index (χ2v) is 21.0. The van der Waals surface area contributed by atoms with E-state index in [2.05, 4.69) is 11.9 Å². The molecule has 10 rings (SSSR count). The highest BCUT2D eigenvalue weighted by molar-refractivity contribution is 6.32. The van der Waals surface area contributed by atoms with Crippen molar-refractivity contribution in [2.24, 2.45) is 23.7 Å². The number of fused-ring (bicyclic) bond motifs is 6. The average Bonchev–Trinajstić information content (AvgIpc) is 4.06. The summed E-state index contributed by atoms with van der Waals surface area (Å²) in [7, 11) is 2.20. The molecule has 1 saturated heterocycles. The molecule has 2 aromatic carbocycles. The maximum atomic E-state index is 13.6. The van der Waals surface area contributed by atoms with E-state index in [1.165, 1.54) is 0 Å². The summed E-state index contributed by atoms with van der Waals surface area (Å²) in [5, 5.41) is 53.4. The van der Waals surface area contributed by atoms with Crippen LogP contribution < -0.4 is 14.2 Å². The Morgan fingerprint density at radius 1 is 0.879 bits per heavy atom. The maximum absolute atomic E-state index is 13.6. The number of carboxylic acids is 1. The molecule has 12 nitrogen and oxygen atoms in total. The number of benzene rings is 2. The van der Waals surface area contributed by atoms with Crippen molar-refractivity contribution in [3.05, 3.63) is 86.7 Å². The number of carbonyl (C=O) groups is 2. The molecule has 9 atom stereocenters. The highest BCUT2D eigenvalue weighted by atomic mass is 35.5. The number of aliphatic hydroxyl groups is 4. The average molecular weight is 944 g/mol. The van der Waals surface area contributed by atoms with Crippen LogP contribution in [0.5, 0.6) is 17.2 Å². The Hall–Kier alpha value is -4.01. The minimum atomic E-state index is -1.19. The van der Waals surface area contributed by atoms with Gasteiger partial charge in [-0.25, -0.2) is 0 Å². The zero-order valence-electron chi connectivity index (χ0n) is 37.2. The fourth-order valence-corrected chi connectivity index (χ4v) is 11.9. The first-order valence-electron chi connectivity index (χ1n) is 24.0. The summed E-state index contributed by atoms with van der Waals surface area (Å²) in [5.41, 5.74) is 7.36. The third kappa shape index (κ3) is 9.66. The Morgan fingerprint density at radius 2 is 1.59 bits per heavy atom. The number of likely N-dealkylation sites (tertiary alicyclic amines) is 1. The molecule has 0 spiro atoms. The number of esters is 1. The lowest BCUT2D eigenvalue weighted by Crippen LogP contribution is -2.60. The van der Waals surface area contributed by atoms with Crippen LogP contribution in [0.1, 0.15) is 129 Å². The number of nitrogens with zero attached hydrogens (tertiary/aromatic N) is 2. The van der Waals surface area contributed by atoms with E-state index in [-0.39, 0.29) is 66.3 Å². The van der Waals surface area contributed by atoms with Gasteiger partial charge in [0.15, 0.2) is 11.5 Å². The van der Waals surface area contributed by atoms with Gasteiger partial charge in [-0.15, -0.1) is 0 Å². The van der Waals surface area contributed by atoms with Crippen LogP contribution in [0.25, 0.3) is 17.2 Å². The molecule has 5 fully saturated rings. The number of halogens is 2. The number of rotatable bonds is 18. The minimum absolute atomic E-state index is 0.0478. The summed E-state index contributed by atoms with van der Waals surface area (Å²) in [6.07, 6.45) is 11.6. The number of hydrogen-bond acceptors (Lipinski definition) is 11. The van der Waals surface area contributed by atoms with E-state index in [4.69, 9.17) is 47.5 Å². The number of carboxylic acid groups (broad SMARTS) is 1. The summed E-state index contributed by atoms with van der Waals surface area (Å²) < 4.78 is 18.7. The van der Waals surface area contributed by atoms with Gasteiger partial charge in [0.1, 0.15) is 12.4 Å². The molecule has 0 radical (unpaired) electrons. The highest BCUT2D eigenvalue weighted by Gasteiger charge is 2.57. The van der Waals surface area contributed by atoms with E-state index < -0.39 is 42.8 Å². The van der Waals surface area contributed by atoms with E-state index >= 15 is 0 Å². The van der Waals surface area contributed by atoms with Crippen LogP contribution in [0.2, 0.25) is 10.0 Å². The van der Waals surface area contributed by atoms with Crippen LogP contribution in [0.15, 0.2) is 48.6 Å². The van der Waals surface area contributed by atoms with E-state index in [0.717, 1.165) is 96.3 Å². The zero-order chi connectivity index (χ0) is 46.0. The topological polar surface area (TPSA) is 179 Å². The third-order valence-electron chi connectivity index (χ3n) is 15.0. The largest absolute Gasteiger partial charge is 0.489 e. The predicted molar refractivity (Wildman–Crippen MR) is 249 cm³/mol. The van der Waals surface area contributed by atoms with Crippen molar-refractivity contribution in [1.82, 2.24) is 9.88 Å². The normalized spacial score (nSPS) is 26.6. The van der Waals surface area contributed by atoms with Crippen molar-refractivity contribution >= 4 is 41.2 Å². The number of aliphatic hydroxyl groups excluding tert-OH is 4. The first-order chi connectivity index (χ1) is 31.8. The quantitative estimate of drug-likeness (QED) is 0.0467. The van der Waals surface area contributed by atoms with Gasteiger partial charge in [-0.1, -0.05) is 53.6 Å². The molecule has 3 aliphatic heterocycles. The molecule has 14 heteroatoms. The fourth-order valence-electron chi connectivity index (χ4n) is 11.5. The molecule has 66 heavy (non-hydrogen) atoms. The molecule has 0 bridgehead atoms. The van der Waals surface area contributed by atoms with E-state index in [9.17, 15) is 30.0 Å². The van der Waals surface area contributed by atoms with E-state index in [0.29, 0.717) is 47.7 Å². The van der Waals surface area contributed by atoms with E-state index in [1.807, 2.05) is 42.5 Å². The predicted octanol–water partition coefficient (Wildman–Crippen LogP) is 8.57. The summed E-state index contributed by atoms with van der Waals surface area (Å²) in [6, 6.07) is 9.87. The van der Waals surface area contributed by atoms with Crippen molar-refractivity contribution < 1.29 is 49.3 Å². The van der Waals surface area contributed by atoms with E-state index in [1.54, 1.807) is 12.1 Å². The smallest absolute Gasteiger partial charge is 0.313 e. The van der Waals surface area contributed by atoms with Crippen LogP contribution >= 0.6 is 23.2 Å². The molecule has 4 aliphatic carbocycles. The molecular weight excluding hydrogens is 883 g/mol. The fraction of sp³-hybridized carbons (Fsp3) is 0.558. The number of pyridine rings is 1. The van der Waals surface area contributed by atoms with Gasteiger partial charge in [0.2, 0.25) is 0 Å². The van der Waals surface area contributed by atoms with Gasteiger partial charge in [-0.2, -0.15) is 0 Å². The maximum Gasteiger partial charge on any atom is 0.313 e. The van der Waals surface area contributed by atoms with Crippen LogP contribution in [0.4, 0.5) is 0 Å². The molecule has 352 valence electrons. The SMILES string of the molecule is CN1C(C2CC2)C(/C=C/[C@@H](O)C[C@@H](O)CC(=O)O)C2c3ccc(Cl)c(OC(=O)C[C@H](O)C[C@@H](O)C/C=C\c4c(C5CC5)nc(C5CC5)c5c4-c4ccc(Cl)cc4OC5)c3OCC2C1C1CC1. The van der Waals surface area contributed by atoms with Crippen LogP contribution in [0.3, 0.4) is 0 Å². The number of aromatic nitrogens is 1. The first kappa shape index (κ1) is 45.8. The van der Waals surface area contributed by atoms with Crippen LogP contribution in [-0.2, 0) is 16.2 Å². The Kier molecular flexibility index (Phi) is 13.0. The second kappa shape index (κ2) is 18.8. The molecule has 1 aromatic heterocycles. The van der Waals surface area contributed by atoms with Crippen molar-refractivity contribution in [2.45, 2.75) is 144 Å². The van der Waals surface area contributed by atoms with Gasteiger partial charge in [-0.3, -0.25) is 19.5 Å². The number of carbonyl (C=O) groups excluding carboxylic acids is 1. The molecule has 4 heterocycles. The van der Waals surface area contributed by atoms with Crippen molar-refractivity contribution in [1.29, 1.82) is 0 Å². The van der Waals surface area contributed by atoms with Crippen molar-refractivity contribution in [2.75, 3.05) is 13.7 Å². The Bertz CT molecular complexity index is 2410. The number of ether oxygens (including phenoxy) is 3. The number of hydrogen-bond donors (Lipinski definition) is 5. The molecule has 3 aromatic rings. The Morgan fingerprint density at radius 3 is 2.30 bits per heavy atom. The Balaban J connectivity index is 0.837. The molecule has 0 amide bonds. The van der Waals surface area contributed by atoms with Gasteiger partial charge >= 0.3 is 11.9 Å². The zero-order valence-corrected chi connectivity index (χ0v) is 38.7. The van der Waals surface area contributed by atoms with Gasteiger partial charge in [0, 0.05) is 87.4 Å². The lowest BCUT2D eigenvalue weighted by molar-refractivity contribution is -0.139. The number of aliphatic carboxylic acids is 1. The standard InChI is InChI=1S/C52H60Cl2N2O10/c1-56-49(28-9-10-28)37(16-14-32(58)21-33(59)22-43(61)62)46-38-17-18-41(54)52(51(38)65-25-40(46)50(56)29-11-12-29)66-44(63)23-34(60)20-31(57)3-2-4-36-45-35-15-13-30(53)19-42(35)64-24-39(45)48(27-7-8-27)55-47(36)26-5-6-26/h2,4,13-19,26-29,31-34,37,40,46,49-50,57-60H,3,5-12,20-25H2,1H3,(H,61,62)/b4-2-,16-14+/t31-,32+,33+,34+,37?,40?,46?,49?,50?/m0/s1. The first-order valence-corrected chi connectivity index (χ1v) is 24.7.